The van der Waals surface area contributed by atoms with E-state index in [4.69, 9.17) is 18.9 Å². The molecule has 9 rings (SSSR count). The molecule has 0 amide bonds. The van der Waals surface area contributed by atoms with Crippen LogP contribution in [-0.4, -0.2) is 137 Å². The van der Waals surface area contributed by atoms with Gasteiger partial charge in [0.1, 0.15) is 11.2 Å². The van der Waals surface area contributed by atoms with Gasteiger partial charge < -0.3 is 33.9 Å². The molecule has 2 unspecified atom stereocenters. The van der Waals surface area contributed by atoms with Gasteiger partial charge in [-0.1, -0.05) is 19.1 Å². The van der Waals surface area contributed by atoms with Crippen LogP contribution in [0.3, 0.4) is 0 Å². The van der Waals surface area contributed by atoms with Crippen molar-refractivity contribution < 1.29 is 55.6 Å². The number of esters is 3. The average molecular weight is 895 g/mol. The average Bonchev–Trinajstić information content (AvgIpc) is 3.88. The van der Waals surface area contributed by atoms with Crippen molar-refractivity contribution in [3.05, 3.63) is 64.9 Å². The molecule has 10 atom stereocenters. The minimum Gasteiger partial charge on any atom is -0.496 e. The second-order valence-electron chi connectivity index (χ2n) is 19.0. The highest BCUT2D eigenvalue weighted by Crippen LogP contribution is 2.68. The van der Waals surface area contributed by atoms with Gasteiger partial charge in [-0.15, -0.1) is 0 Å². The van der Waals surface area contributed by atoms with E-state index in [0.717, 1.165) is 18.7 Å². The van der Waals surface area contributed by atoms with Crippen LogP contribution in [0, 0.1) is 17.3 Å². The normalized spacial score (nSPS) is 34.6. The number of nitrogens with zero attached hydrogens (tertiary/aromatic N) is 3. The molecule has 340 valence electrons. The van der Waals surface area contributed by atoms with E-state index in [1.54, 1.807) is 25.2 Å². The number of carbonyl (C=O) groups is 3. The molecule has 5 aliphatic heterocycles. The summed E-state index contributed by atoms with van der Waals surface area (Å²) in [6, 6.07) is 6.99. The summed E-state index contributed by atoms with van der Waals surface area (Å²) >= 11 is 0. The van der Waals surface area contributed by atoms with E-state index in [1.807, 2.05) is 34.9 Å². The smallest absolute Gasteiger partial charge is 0.344 e. The maximum Gasteiger partial charge on any atom is 0.344 e. The Bertz CT molecular complexity index is 2580. The number of carbonyl (C=O) groups excluding carboxylic acids is 3. The number of methoxy groups -OCH3 is 3. The van der Waals surface area contributed by atoms with Crippen LogP contribution in [-0.2, 0) is 55.8 Å². The van der Waals surface area contributed by atoms with E-state index >= 15 is 13.6 Å². The SMILES string of the molecule is CC[C@]12C=CCN3CC[C@@]4(c5cc([C@@]6(C(=O)OC)C[C@H]7CC(C(C)(F)F)CN(Cc8c6[nH]c6ccc(S(C)(=O)=O)cc86)C7)c(OC)cc5N(C)[C@H]4[C@@](O)(C(=O)OC)[C@@H]1OC(C)=O)[C@@H]32. The number of sulfone groups is 1. The van der Waals surface area contributed by atoms with Gasteiger partial charge in [0.2, 0.25) is 11.5 Å². The highest BCUT2D eigenvalue weighted by Gasteiger charge is 2.80. The third-order valence-electron chi connectivity index (χ3n) is 15.8. The Labute approximate surface area is 365 Å². The number of nitrogens with one attached hydrogen (secondary N) is 1. The predicted octanol–water partition coefficient (Wildman–Crippen LogP) is 4.48. The Balaban J connectivity index is 1.37. The predicted molar refractivity (Wildman–Crippen MR) is 228 cm³/mol. The zero-order valence-electron chi connectivity index (χ0n) is 36.9. The highest BCUT2D eigenvalue weighted by atomic mass is 32.2. The number of ether oxygens (including phenoxy) is 4. The van der Waals surface area contributed by atoms with Crippen molar-refractivity contribution in [2.24, 2.45) is 17.3 Å². The van der Waals surface area contributed by atoms with Crippen LogP contribution >= 0.6 is 0 Å². The molecular weight excluding hydrogens is 839 g/mol. The monoisotopic (exact) mass is 894 g/mol. The Morgan fingerprint density at radius 1 is 1.03 bits per heavy atom. The molecule has 3 aromatic rings. The molecule has 63 heavy (non-hydrogen) atoms. The molecule has 6 heterocycles. The topological polar surface area (TPSA) is 168 Å². The first-order valence-corrected chi connectivity index (χ1v) is 23.5. The third-order valence-corrected chi connectivity index (χ3v) is 16.9. The minimum atomic E-state index is -3.68. The summed E-state index contributed by atoms with van der Waals surface area (Å²) in [6.45, 7) is 5.88. The number of rotatable bonds is 8. The molecule has 1 aliphatic carbocycles. The number of piperidine rings is 1. The number of aliphatic hydroxyl groups is 1. The van der Waals surface area contributed by atoms with Gasteiger partial charge in [0.25, 0.3) is 0 Å². The first-order valence-electron chi connectivity index (χ1n) is 21.6. The molecule has 2 bridgehead atoms. The Hall–Kier alpha value is -4.58. The fourth-order valence-corrected chi connectivity index (χ4v) is 14.1. The van der Waals surface area contributed by atoms with E-state index in [2.05, 4.69) is 9.88 Å². The molecule has 2 saturated heterocycles. The lowest BCUT2D eigenvalue weighted by atomic mass is 9.47. The van der Waals surface area contributed by atoms with Gasteiger partial charge in [-0.3, -0.25) is 19.4 Å². The highest BCUT2D eigenvalue weighted by molar-refractivity contribution is 7.90. The first-order chi connectivity index (χ1) is 29.7. The van der Waals surface area contributed by atoms with Crippen LogP contribution < -0.4 is 9.64 Å². The molecule has 2 aromatic carbocycles. The fraction of sp³-hybridized carbons (Fsp3) is 0.587. The summed E-state index contributed by atoms with van der Waals surface area (Å²) in [4.78, 5) is 52.4. The molecule has 1 spiro atoms. The number of anilines is 1. The summed E-state index contributed by atoms with van der Waals surface area (Å²) in [5.74, 6) is -6.53. The van der Waals surface area contributed by atoms with Crippen molar-refractivity contribution in [1.82, 2.24) is 14.8 Å². The van der Waals surface area contributed by atoms with Crippen molar-refractivity contribution in [2.45, 2.75) is 98.4 Å². The maximum absolute atomic E-state index is 15.4. The van der Waals surface area contributed by atoms with Gasteiger partial charge in [0, 0.05) is 103 Å². The lowest BCUT2D eigenvalue weighted by Crippen LogP contribution is -2.81. The van der Waals surface area contributed by atoms with Crippen LogP contribution in [0.2, 0.25) is 0 Å². The van der Waals surface area contributed by atoms with Crippen molar-refractivity contribution in [3.8, 4) is 5.75 Å². The number of alkyl halides is 2. The van der Waals surface area contributed by atoms with Crippen molar-refractivity contribution in [3.63, 3.8) is 0 Å². The van der Waals surface area contributed by atoms with Crippen LogP contribution in [0.5, 0.6) is 5.75 Å². The Morgan fingerprint density at radius 2 is 1.76 bits per heavy atom. The second kappa shape index (κ2) is 14.5. The van der Waals surface area contributed by atoms with Crippen LogP contribution in [0.1, 0.15) is 68.8 Å². The van der Waals surface area contributed by atoms with Gasteiger partial charge in [-0.25, -0.2) is 22.0 Å². The molecule has 17 heteroatoms. The summed E-state index contributed by atoms with van der Waals surface area (Å²) in [7, 11) is 2.06. The number of hydrogen-bond acceptors (Lipinski definition) is 13. The number of H-pyrrole nitrogens is 1. The summed E-state index contributed by atoms with van der Waals surface area (Å²) in [6.07, 6.45) is 4.72. The lowest BCUT2D eigenvalue weighted by Gasteiger charge is -2.63. The zero-order chi connectivity index (χ0) is 45.4. The summed E-state index contributed by atoms with van der Waals surface area (Å²) < 4.78 is 80.4. The number of fused-ring (bicyclic) bond motifs is 6. The number of hydrogen-bond donors (Lipinski definition) is 2. The molecule has 1 aromatic heterocycles. The number of benzene rings is 2. The molecule has 14 nitrogen and oxygen atoms in total. The van der Waals surface area contributed by atoms with Crippen LogP contribution in [0.25, 0.3) is 10.9 Å². The summed E-state index contributed by atoms with van der Waals surface area (Å²) in [5.41, 5.74) is -2.98. The maximum atomic E-state index is 15.4. The van der Waals surface area contributed by atoms with Gasteiger partial charge >= 0.3 is 17.9 Å². The van der Waals surface area contributed by atoms with E-state index in [1.165, 1.54) is 34.3 Å². The van der Waals surface area contributed by atoms with Crippen LogP contribution in [0.4, 0.5) is 14.5 Å². The zero-order valence-corrected chi connectivity index (χ0v) is 37.7. The molecule has 2 N–H and O–H groups in total. The van der Waals surface area contributed by atoms with E-state index in [0.29, 0.717) is 65.9 Å². The standard InChI is InChI=1S/C46H56F2N4O10S/c1-9-43-13-10-15-52-16-14-44(37(43)52)31-19-32(35(59-5)20-34(31)50(4)38(44)46(56,41(55)61-7)39(43)62-25(2)53)45(40(54)60-6)21-26-17-27(42(3,47)48)23-51(22-26)24-30-29-18-28(63(8,57)58)11-12-33(29)49-36(30)45/h10-13,18-20,26-27,37-39,49,56H,9,14-17,21-24H2,1-8H3/t26-,27?,37+,38-,39-,43-,44-,45+,46+/m1/s1. The molecule has 6 aliphatic rings. The van der Waals surface area contributed by atoms with E-state index < -0.39 is 85.5 Å². The number of aromatic nitrogens is 1. The number of aromatic amines is 1. The first kappa shape index (κ1) is 43.7. The number of halogens is 2. The minimum absolute atomic E-state index is 0.0285. The summed E-state index contributed by atoms with van der Waals surface area (Å²) in [5, 5.41) is 13.8. The quantitative estimate of drug-likeness (QED) is 0.185. The van der Waals surface area contributed by atoms with Crippen LogP contribution in [0.15, 0.2) is 47.4 Å². The third kappa shape index (κ3) is 5.86. The molecule has 3 fully saturated rings. The molecule has 1 saturated carbocycles. The Morgan fingerprint density at radius 3 is 2.40 bits per heavy atom. The largest absolute Gasteiger partial charge is 0.496 e. The van der Waals surface area contributed by atoms with Gasteiger partial charge in [-0.2, -0.15) is 0 Å². The van der Waals surface area contributed by atoms with Gasteiger partial charge in [-0.05, 0) is 80.5 Å². The van der Waals surface area contributed by atoms with Crippen molar-refractivity contribution in [2.75, 3.05) is 65.7 Å². The fourth-order valence-electron chi connectivity index (χ4n) is 13.5. The number of likely N-dealkylation sites (N-methyl/N-ethyl adjacent to an activating group) is 1. The molecular formula is C46H56F2N4O10S. The lowest BCUT2D eigenvalue weighted by molar-refractivity contribution is -0.228. The van der Waals surface area contributed by atoms with Gasteiger partial charge in [0.15, 0.2) is 15.9 Å². The second-order valence-corrected chi connectivity index (χ2v) is 21.0. The van der Waals surface area contributed by atoms with Gasteiger partial charge in [0.05, 0.1) is 32.3 Å². The van der Waals surface area contributed by atoms with E-state index in [9.17, 15) is 23.1 Å². The van der Waals surface area contributed by atoms with E-state index in [-0.39, 0.29) is 36.6 Å². The Kier molecular flexibility index (Phi) is 10.0. The van der Waals surface area contributed by atoms with Crippen molar-refractivity contribution >= 4 is 44.3 Å². The van der Waals surface area contributed by atoms with Crippen molar-refractivity contribution in [1.29, 1.82) is 0 Å². The molecule has 0 radical (unpaired) electrons.